The molecule has 0 unspecified atom stereocenters. The van der Waals surface area contributed by atoms with E-state index in [1.54, 1.807) is 44.2 Å². The van der Waals surface area contributed by atoms with Gasteiger partial charge in [-0.15, -0.1) is 10.2 Å². The Morgan fingerprint density at radius 2 is 1.84 bits per heavy atom. The fraction of sp³-hybridized carbons (Fsp3) is 0.250. The molecule has 3 rings (SSSR count). The molecule has 2 aromatic carbocycles. The third-order valence-corrected chi connectivity index (χ3v) is 7.41. The van der Waals surface area contributed by atoms with E-state index in [2.05, 4.69) is 15.5 Å². The van der Waals surface area contributed by atoms with E-state index < -0.39 is 15.9 Å². The minimum Gasteiger partial charge on any atom is -0.486 e. The number of anilines is 1. The predicted molar refractivity (Wildman–Crippen MR) is 120 cm³/mol. The van der Waals surface area contributed by atoms with E-state index in [1.165, 1.54) is 33.8 Å². The number of carbonyl (C=O) groups excluding carboxylic acids is 1. The highest BCUT2D eigenvalue weighted by Crippen LogP contribution is 2.21. The van der Waals surface area contributed by atoms with Gasteiger partial charge in [-0.05, 0) is 42.5 Å². The molecule has 8 nitrogen and oxygen atoms in total. The van der Waals surface area contributed by atoms with E-state index in [4.69, 9.17) is 16.3 Å². The molecule has 3 aromatic rings. The summed E-state index contributed by atoms with van der Waals surface area (Å²) < 4.78 is 32.3. The molecule has 0 saturated heterocycles. The normalized spacial score (nSPS) is 11.5. The van der Waals surface area contributed by atoms with Crippen molar-refractivity contribution in [2.45, 2.75) is 25.3 Å². The molecule has 0 aliphatic heterocycles. The van der Waals surface area contributed by atoms with E-state index in [0.717, 1.165) is 0 Å². The average Bonchev–Trinajstić information content (AvgIpc) is 3.21. The summed E-state index contributed by atoms with van der Waals surface area (Å²) in [5, 5.41) is 12.1. The van der Waals surface area contributed by atoms with E-state index >= 15 is 0 Å². The van der Waals surface area contributed by atoms with Crippen LogP contribution >= 0.6 is 22.9 Å². The minimum atomic E-state index is -3.66. The molecule has 0 spiro atoms. The number of nitrogens with zero attached hydrogens (tertiary/aromatic N) is 3. The molecule has 1 amide bonds. The van der Waals surface area contributed by atoms with Gasteiger partial charge in [-0.3, -0.25) is 10.1 Å². The number of carbonyl (C=O) groups is 1. The number of nitrogens with one attached hydrogen (secondary N) is 1. The van der Waals surface area contributed by atoms with Gasteiger partial charge in [0, 0.05) is 23.7 Å². The van der Waals surface area contributed by atoms with Crippen LogP contribution in [-0.2, 0) is 16.6 Å². The number of benzene rings is 2. The lowest BCUT2D eigenvalue weighted by atomic mass is 10.2. The highest BCUT2D eigenvalue weighted by Gasteiger charge is 2.22. The number of halogens is 1. The second-order valence-corrected chi connectivity index (χ2v) is 9.75. The van der Waals surface area contributed by atoms with Crippen LogP contribution in [0.3, 0.4) is 0 Å². The minimum absolute atomic E-state index is 0.0677. The Hall–Kier alpha value is -2.53. The van der Waals surface area contributed by atoms with Crippen molar-refractivity contribution in [2.75, 3.05) is 18.4 Å². The number of sulfonamides is 1. The van der Waals surface area contributed by atoms with Crippen molar-refractivity contribution in [3.05, 3.63) is 64.1 Å². The van der Waals surface area contributed by atoms with Crippen LogP contribution in [-0.4, -0.2) is 41.9 Å². The summed E-state index contributed by atoms with van der Waals surface area (Å²) in [6, 6.07) is 12.8. The molecule has 0 aliphatic carbocycles. The summed E-state index contributed by atoms with van der Waals surface area (Å²) in [5.41, 5.74) is 0.211. The van der Waals surface area contributed by atoms with Crippen molar-refractivity contribution in [3.63, 3.8) is 0 Å². The van der Waals surface area contributed by atoms with Gasteiger partial charge < -0.3 is 4.74 Å². The van der Waals surface area contributed by atoms with Gasteiger partial charge in [0.05, 0.1) is 4.90 Å². The molecule has 164 valence electrons. The molecule has 0 saturated carbocycles. The first kappa shape index (κ1) is 23.1. The number of ether oxygens (including phenoxy) is 1. The van der Waals surface area contributed by atoms with Crippen molar-refractivity contribution >= 4 is 44.0 Å². The lowest BCUT2D eigenvalue weighted by Crippen LogP contribution is -2.30. The Morgan fingerprint density at radius 1 is 1.13 bits per heavy atom. The summed E-state index contributed by atoms with van der Waals surface area (Å²) in [6.07, 6.45) is 0. The monoisotopic (exact) mass is 480 g/mol. The molecule has 0 aliphatic rings. The topological polar surface area (TPSA) is 101 Å². The lowest BCUT2D eigenvalue weighted by molar-refractivity contribution is 0.102. The SMILES string of the molecule is CCN(CC)S(=O)(=O)c1cccc(C(=O)Nc2nnc(COc3ccc(Cl)cc3)s2)c1. The number of rotatable bonds is 9. The highest BCUT2D eigenvalue weighted by atomic mass is 35.5. The average molecular weight is 481 g/mol. The summed E-state index contributed by atoms with van der Waals surface area (Å²) >= 11 is 7.01. The van der Waals surface area contributed by atoms with E-state index in [9.17, 15) is 13.2 Å². The lowest BCUT2D eigenvalue weighted by Gasteiger charge is -2.18. The van der Waals surface area contributed by atoms with Gasteiger partial charge in [0.1, 0.15) is 12.4 Å². The third-order valence-electron chi connectivity index (χ3n) is 4.30. The molecule has 0 atom stereocenters. The van der Waals surface area contributed by atoms with Crippen molar-refractivity contribution in [1.82, 2.24) is 14.5 Å². The van der Waals surface area contributed by atoms with Gasteiger partial charge in [0.25, 0.3) is 5.91 Å². The number of hydrogen-bond donors (Lipinski definition) is 1. The van der Waals surface area contributed by atoms with Crippen LogP contribution in [0.15, 0.2) is 53.4 Å². The van der Waals surface area contributed by atoms with Crippen LogP contribution in [0.5, 0.6) is 5.75 Å². The third kappa shape index (κ3) is 5.79. The van der Waals surface area contributed by atoms with Crippen molar-refractivity contribution in [2.24, 2.45) is 0 Å². The summed E-state index contributed by atoms with van der Waals surface area (Å²) in [7, 11) is -3.66. The first-order valence-electron chi connectivity index (χ1n) is 9.45. The molecule has 1 aromatic heterocycles. The maximum absolute atomic E-state index is 12.7. The van der Waals surface area contributed by atoms with E-state index in [1.807, 2.05) is 0 Å². The molecule has 0 bridgehead atoms. The summed E-state index contributed by atoms with van der Waals surface area (Å²) in [4.78, 5) is 12.7. The Kier molecular flexibility index (Phi) is 7.60. The molecule has 31 heavy (non-hydrogen) atoms. The quantitative estimate of drug-likeness (QED) is 0.495. The fourth-order valence-corrected chi connectivity index (χ4v) is 5.00. The van der Waals surface area contributed by atoms with E-state index in [0.29, 0.717) is 28.9 Å². The zero-order chi connectivity index (χ0) is 22.4. The predicted octanol–water partition coefficient (Wildman–Crippen LogP) is 4.05. The maximum atomic E-state index is 12.7. The van der Waals surface area contributed by atoms with Crippen LogP contribution in [0.4, 0.5) is 5.13 Å². The van der Waals surface area contributed by atoms with Gasteiger partial charge in [-0.1, -0.05) is 42.9 Å². The van der Waals surface area contributed by atoms with Crippen LogP contribution < -0.4 is 10.1 Å². The van der Waals surface area contributed by atoms with Crippen molar-refractivity contribution in [3.8, 4) is 5.75 Å². The summed E-state index contributed by atoms with van der Waals surface area (Å²) in [6.45, 7) is 4.41. The van der Waals surface area contributed by atoms with Crippen LogP contribution in [0.1, 0.15) is 29.2 Å². The Morgan fingerprint density at radius 3 is 2.52 bits per heavy atom. The van der Waals surface area contributed by atoms with Crippen LogP contribution in [0, 0.1) is 0 Å². The number of aromatic nitrogens is 2. The standard InChI is InChI=1S/C20H21ClN4O4S2/c1-3-25(4-2)31(27,28)17-7-5-6-14(12-17)19(26)22-20-24-23-18(30-20)13-29-16-10-8-15(21)9-11-16/h5-12H,3-4,13H2,1-2H3,(H,22,24,26). The summed E-state index contributed by atoms with van der Waals surface area (Å²) in [5.74, 6) is 0.161. The smallest absolute Gasteiger partial charge is 0.257 e. The van der Waals surface area contributed by atoms with E-state index in [-0.39, 0.29) is 22.2 Å². The Balaban J connectivity index is 1.66. The zero-order valence-corrected chi connectivity index (χ0v) is 19.3. The first-order chi connectivity index (χ1) is 14.8. The molecule has 11 heteroatoms. The van der Waals surface area contributed by atoms with Gasteiger partial charge >= 0.3 is 0 Å². The molecule has 0 radical (unpaired) electrons. The number of hydrogen-bond acceptors (Lipinski definition) is 7. The maximum Gasteiger partial charge on any atom is 0.257 e. The van der Waals surface area contributed by atoms with Crippen molar-refractivity contribution in [1.29, 1.82) is 0 Å². The van der Waals surface area contributed by atoms with Gasteiger partial charge in [0.2, 0.25) is 15.2 Å². The van der Waals surface area contributed by atoms with Gasteiger partial charge in [-0.2, -0.15) is 4.31 Å². The largest absolute Gasteiger partial charge is 0.486 e. The molecular weight excluding hydrogens is 460 g/mol. The Bertz CT molecular complexity index is 1150. The van der Waals surface area contributed by atoms with Crippen LogP contribution in [0.25, 0.3) is 0 Å². The number of amides is 1. The molecule has 0 fully saturated rings. The molecular formula is C20H21ClN4O4S2. The first-order valence-corrected chi connectivity index (χ1v) is 12.1. The Labute approximate surface area is 189 Å². The zero-order valence-electron chi connectivity index (χ0n) is 16.9. The highest BCUT2D eigenvalue weighted by molar-refractivity contribution is 7.89. The van der Waals surface area contributed by atoms with Gasteiger partial charge in [0.15, 0.2) is 5.01 Å². The second kappa shape index (κ2) is 10.2. The second-order valence-electron chi connectivity index (χ2n) is 6.31. The molecule has 1 N–H and O–H groups in total. The van der Waals surface area contributed by atoms with Crippen LogP contribution in [0.2, 0.25) is 5.02 Å². The fourth-order valence-electron chi connectivity index (χ4n) is 2.72. The molecule has 1 heterocycles. The van der Waals surface area contributed by atoms with Gasteiger partial charge in [-0.25, -0.2) is 8.42 Å². The van der Waals surface area contributed by atoms with Crippen molar-refractivity contribution < 1.29 is 17.9 Å².